The smallest absolute Gasteiger partial charge is 0.321 e. The molecule has 128 valence electrons. The number of carbonyl (C=O) groups excluding carboxylic acids is 1. The first-order valence-corrected chi connectivity index (χ1v) is 8.08. The lowest BCUT2D eigenvalue weighted by molar-refractivity contribution is -0.137. The van der Waals surface area contributed by atoms with Crippen molar-refractivity contribution in [3.63, 3.8) is 0 Å². The molecule has 0 fully saturated rings. The summed E-state index contributed by atoms with van der Waals surface area (Å²) in [6, 6.07) is 12.0. The molecule has 3 rings (SSSR count). The molecule has 0 aliphatic rings. The standard InChI is InChI=1S/C16H10F3IN4O/c17-16(18,19)12-3-1-2-4-14(12)24-9-13(22-23-24)15(25)21-11-7-5-10(20)6-8-11/h1-9H,(H,21,25). The largest absolute Gasteiger partial charge is 0.418 e. The van der Waals surface area contributed by atoms with Gasteiger partial charge in [-0.1, -0.05) is 17.3 Å². The van der Waals surface area contributed by atoms with Gasteiger partial charge in [-0.3, -0.25) is 4.79 Å². The Hall–Kier alpha value is -2.43. The van der Waals surface area contributed by atoms with E-state index in [0.717, 1.165) is 20.5 Å². The Bertz CT molecular complexity index is 906. The van der Waals surface area contributed by atoms with Gasteiger partial charge in [-0.25, -0.2) is 4.68 Å². The van der Waals surface area contributed by atoms with Gasteiger partial charge >= 0.3 is 6.18 Å². The molecule has 1 amide bonds. The number of hydrogen-bond donors (Lipinski definition) is 1. The van der Waals surface area contributed by atoms with Gasteiger partial charge in [0.25, 0.3) is 5.91 Å². The van der Waals surface area contributed by atoms with Crippen LogP contribution in [0.2, 0.25) is 0 Å². The minimum Gasteiger partial charge on any atom is -0.321 e. The fourth-order valence-corrected chi connectivity index (χ4v) is 2.49. The predicted molar refractivity (Wildman–Crippen MR) is 93.5 cm³/mol. The average Bonchev–Trinajstić information content (AvgIpc) is 3.06. The van der Waals surface area contributed by atoms with Gasteiger partial charge in [0.15, 0.2) is 5.69 Å². The number of nitrogens with zero attached hydrogens (tertiary/aromatic N) is 3. The van der Waals surface area contributed by atoms with Gasteiger partial charge in [-0.05, 0) is 59.0 Å². The van der Waals surface area contributed by atoms with E-state index in [4.69, 9.17) is 0 Å². The van der Waals surface area contributed by atoms with Crippen molar-refractivity contribution < 1.29 is 18.0 Å². The third kappa shape index (κ3) is 3.98. The minimum atomic E-state index is -4.54. The number of halogens is 4. The second kappa shape index (κ2) is 6.82. The van der Waals surface area contributed by atoms with E-state index in [-0.39, 0.29) is 11.4 Å². The molecule has 0 aliphatic carbocycles. The molecule has 0 unspecified atom stereocenters. The van der Waals surface area contributed by atoms with E-state index in [2.05, 4.69) is 38.2 Å². The van der Waals surface area contributed by atoms with Crippen molar-refractivity contribution in [2.75, 3.05) is 5.32 Å². The Balaban J connectivity index is 1.86. The van der Waals surface area contributed by atoms with Crippen LogP contribution in [0, 0.1) is 3.57 Å². The lowest BCUT2D eigenvalue weighted by atomic mass is 10.1. The summed E-state index contributed by atoms with van der Waals surface area (Å²) in [5.74, 6) is -0.558. The Morgan fingerprint density at radius 2 is 1.76 bits per heavy atom. The molecule has 1 aromatic heterocycles. The number of anilines is 1. The van der Waals surface area contributed by atoms with Crippen LogP contribution in [-0.4, -0.2) is 20.9 Å². The number of hydrogen-bond acceptors (Lipinski definition) is 3. The molecule has 1 heterocycles. The molecule has 9 heteroatoms. The molecule has 0 saturated carbocycles. The van der Waals surface area contributed by atoms with Crippen LogP contribution in [0.4, 0.5) is 18.9 Å². The van der Waals surface area contributed by atoms with Gasteiger partial charge < -0.3 is 5.32 Å². The minimum absolute atomic E-state index is 0.0875. The van der Waals surface area contributed by atoms with Crippen molar-refractivity contribution >= 4 is 34.2 Å². The highest BCUT2D eigenvalue weighted by atomic mass is 127. The average molecular weight is 458 g/mol. The lowest BCUT2D eigenvalue weighted by Crippen LogP contribution is -2.12. The highest BCUT2D eigenvalue weighted by Crippen LogP contribution is 2.33. The van der Waals surface area contributed by atoms with Crippen molar-refractivity contribution in [3.05, 3.63) is 69.6 Å². The molecule has 25 heavy (non-hydrogen) atoms. The first-order valence-electron chi connectivity index (χ1n) is 7.00. The van der Waals surface area contributed by atoms with Crippen molar-refractivity contribution in [3.8, 4) is 5.69 Å². The number of aromatic nitrogens is 3. The summed E-state index contributed by atoms with van der Waals surface area (Å²) in [4.78, 5) is 12.2. The molecule has 2 aromatic carbocycles. The molecule has 0 saturated heterocycles. The van der Waals surface area contributed by atoms with E-state index in [1.165, 1.54) is 18.2 Å². The van der Waals surface area contributed by atoms with Crippen molar-refractivity contribution in [2.24, 2.45) is 0 Å². The number of alkyl halides is 3. The number of carbonyl (C=O) groups is 1. The molecule has 1 N–H and O–H groups in total. The molecule has 0 bridgehead atoms. The second-order valence-electron chi connectivity index (χ2n) is 5.02. The normalized spacial score (nSPS) is 11.4. The fraction of sp³-hybridized carbons (Fsp3) is 0.0625. The van der Waals surface area contributed by atoms with Gasteiger partial charge in [-0.15, -0.1) is 5.10 Å². The summed E-state index contributed by atoms with van der Waals surface area (Å²) in [5, 5.41) is 9.92. The van der Waals surface area contributed by atoms with Crippen LogP contribution >= 0.6 is 22.6 Å². The maximum Gasteiger partial charge on any atom is 0.418 e. The third-order valence-electron chi connectivity index (χ3n) is 3.28. The summed E-state index contributed by atoms with van der Waals surface area (Å²) in [5.41, 5.74) is -0.591. The maximum absolute atomic E-state index is 13.1. The van der Waals surface area contributed by atoms with Crippen LogP contribution in [0.25, 0.3) is 5.69 Å². The summed E-state index contributed by atoms with van der Waals surface area (Å²) >= 11 is 2.13. The predicted octanol–water partition coefficient (Wildman–Crippen LogP) is 4.14. The number of rotatable bonds is 3. The second-order valence-corrected chi connectivity index (χ2v) is 6.27. The monoisotopic (exact) mass is 458 g/mol. The fourth-order valence-electron chi connectivity index (χ4n) is 2.13. The summed E-state index contributed by atoms with van der Waals surface area (Å²) in [7, 11) is 0. The van der Waals surface area contributed by atoms with Crippen LogP contribution < -0.4 is 5.32 Å². The van der Waals surface area contributed by atoms with Gasteiger partial charge in [0, 0.05) is 9.26 Å². The van der Waals surface area contributed by atoms with E-state index in [1.54, 1.807) is 12.1 Å². The van der Waals surface area contributed by atoms with E-state index < -0.39 is 17.6 Å². The van der Waals surface area contributed by atoms with Crippen LogP contribution in [-0.2, 0) is 6.18 Å². The zero-order valence-electron chi connectivity index (χ0n) is 12.5. The van der Waals surface area contributed by atoms with E-state index >= 15 is 0 Å². The van der Waals surface area contributed by atoms with Crippen LogP contribution in [0.5, 0.6) is 0 Å². The number of nitrogens with one attached hydrogen (secondary N) is 1. The first-order chi connectivity index (χ1) is 11.8. The zero-order chi connectivity index (χ0) is 18.0. The number of benzene rings is 2. The SMILES string of the molecule is O=C(Nc1ccc(I)cc1)c1cn(-c2ccccc2C(F)(F)F)nn1. The molecular weight excluding hydrogens is 448 g/mol. The molecule has 0 atom stereocenters. The van der Waals surface area contributed by atoms with Gasteiger partial charge in [0.1, 0.15) is 0 Å². The van der Waals surface area contributed by atoms with E-state index in [1.807, 2.05) is 12.1 Å². The highest BCUT2D eigenvalue weighted by molar-refractivity contribution is 14.1. The molecule has 0 spiro atoms. The molecule has 3 aromatic rings. The van der Waals surface area contributed by atoms with Crippen molar-refractivity contribution in [2.45, 2.75) is 6.18 Å². The zero-order valence-corrected chi connectivity index (χ0v) is 14.6. The van der Waals surface area contributed by atoms with Gasteiger partial charge in [0.2, 0.25) is 0 Å². The van der Waals surface area contributed by atoms with Crippen LogP contribution in [0.15, 0.2) is 54.7 Å². The van der Waals surface area contributed by atoms with Crippen molar-refractivity contribution in [1.82, 2.24) is 15.0 Å². The maximum atomic E-state index is 13.1. The summed E-state index contributed by atoms with van der Waals surface area (Å²) in [6.07, 6.45) is -3.38. The molecule has 5 nitrogen and oxygen atoms in total. The van der Waals surface area contributed by atoms with Gasteiger partial charge in [-0.2, -0.15) is 13.2 Å². The first kappa shape index (κ1) is 17.4. The Morgan fingerprint density at radius 1 is 1.08 bits per heavy atom. The van der Waals surface area contributed by atoms with Crippen LogP contribution in [0.1, 0.15) is 16.1 Å². The van der Waals surface area contributed by atoms with Crippen molar-refractivity contribution in [1.29, 1.82) is 0 Å². The Labute approximate surface area is 154 Å². The lowest BCUT2D eigenvalue weighted by Gasteiger charge is -2.11. The quantitative estimate of drug-likeness (QED) is 0.601. The number of amides is 1. The van der Waals surface area contributed by atoms with Crippen LogP contribution in [0.3, 0.4) is 0 Å². The van der Waals surface area contributed by atoms with Gasteiger partial charge in [0.05, 0.1) is 17.4 Å². The highest BCUT2D eigenvalue weighted by Gasteiger charge is 2.34. The summed E-state index contributed by atoms with van der Waals surface area (Å²) < 4.78 is 41.2. The third-order valence-corrected chi connectivity index (χ3v) is 4.00. The molecule has 0 radical (unpaired) electrons. The topological polar surface area (TPSA) is 59.8 Å². The Morgan fingerprint density at radius 3 is 2.44 bits per heavy atom. The summed E-state index contributed by atoms with van der Waals surface area (Å²) in [6.45, 7) is 0. The molecular formula is C16H10F3IN4O. The molecule has 0 aliphatic heterocycles. The Kier molecular flexibility index (Phi) is 4.75. The van der Waals surface area contributed by atoms with E-state index in [9.17, 15) is 18.0 Å². The number of para-hydroxylation sites is 1. The van der Waals surface area contributed by atoms with E-state index in [0.29, 0.717) is 5.69 Å².